The third-order valence-corrected chi connectivity index (χ3v) is 5.77. The Labute approximate surface area is 194 Å². The first-order valence-electron chi connectivity index (χ1n) is 10.3. The lowest BCUT2D eigenvalue weighted by molar-refractivity contribution is 0.0995. The fourth-order valence-corrected chi connectivity index (χ4v) is 3.92. The van der Waals surface area contributed by atoms with Crippen LogP contribution >= 0.6 is 11.3 Å². The zero-order valence-corrected chi connectivity index (χ0v) is 18.8. The van der Waals surface area contributed by atoms with E-state index >= 15 is 0 Å². The molecule has 0 atom stereocenters. The van der Waals surface area contributed by atoms with Crippen LogP contribution in [0.25, 0.3) is 11.3 Å². The third kappa shape index (κ3) is 5.51. The second-order valence-corrected chi connectivity index (χ2v) is 8.38. The topological polar surface area (TPSA) is 114 Å². The maximum atomic E-state index is 12.8. The third-order valence-electron chi connectivity index (χ3n) is 5.01. The Balaban J connectivity index is 1.51. The van der Waals surface area contributed by atoms with Gasteiger partial charge in [0.2, 0.25) is 0 Å². The van der Waals surface area contributed by atoms with Gasteiger partial charge in [-0.15, -0.1) is 11.3 Å². The summed E-state index contributed by atoms with van der Waals surface area (Å²) < 4.78 is 1.55. The van der Waals surface area contributed by atoms with Crippen molar-refractivity contribution in [1.82, 2.24) is 24.8 Å². The lowest BCUT2D eigenvalue weighted by Gasteiger charge is -2.08. The molecule has 3 heterocycles. The second kappa shape index (κ2) is 10.2. The zero-order chi connectivity index (χ0) is 23.2. The van der Waals surface area contributed by atoms with Crippen molar-refractivity contribution in [2.75, 3.05) is 7.05 Å². The summed E-state index contributed by atoms with van der Waals surface area (Å²) >= 11 is 1.47. The number of pyridine rings is 1. The van der Waals surface area contributed by atoms with Crippen LogP contribution in [-0.4, -0.2) is 38.1 Å². The molecule has 2 N–H and O–H groups in total. The van der Waals surface area contributed by atoms with Crippen LogP contribution in [0.2, 0.25) is 0 Å². The molecule has 0 aliphatic heterocycles. The normalized spacial score (nSPS) is 10.8. The smallest absolute Gasteiger partial charge is 0.250 e. The standard InChI is InChI=1S/C24H22N6O2S/c1-26-11-16-2-4-17(5-3-16)19(25)10-22(31)21-13-27-12-20(29-21)18-6-7-24(32)30(14-18)15-23-28-8-9-33-23/h2-9,12-14,25-26H,10-11,15H2,1H3. The van der Waals surface area contributed by atoms with E-state index in [-0.39, 0.29) is 29.2 Å². The minimum absolute atomic E-state index is 0.0763. The largest absolute Gasteiger partial charge is 0.316 e. The first kappa shape index (κ1) is 22.4. The number of ketones is 1. The van der Waals surface area contributed by atoms with Gasteiger partial charge in [0.25, 0.3) is 5.56 Å². The van der Waals surface area contributed by atoms with E-state index in [0.717, 1.165) is 17.1 Å². The van der Waals surface area contributed by atoms with Crippen molar-refractivity contribution in [3.8, 4) is 11.3 Å². The minimum atomic E-state index is -0.287. The number of nitrogens with one attached hydrogen (secondary N) is 2. The summed E-state index contributed by atoms with van der Waals surface area (Å²) in [4.78, 5) is 37.9. The van der Waals surface area contributed by atoms with Crippen molar-refractivity contribution in [2.45, 2.75) is 19.5 Å². The number of rotatable bonds is 9. The second-order valence-electron chi connectivity index (χ2n) is 7.41. The Hall–Kier alpha value is -3.82. The number of aromatic nitrogens is 4. The molecule has 0 aliphatic carbocycles. The van der Waals surface area contributed by atoms with Gasteiger partial charge >= 0.3 is 0 Å². The van der Waals surface area contributed by atoms with E-state index in [1.165, 1.54) is 23.6 Å². The van der Waals surface area contributed by atoms with E-state index in [0.29, 0.717) is 23.4 Å². The summed E-state index contributed by atoms with van der Waals surface area (Å²) in [7, 11) is 1.87. The summed E-state index contributed by atoms with van der Waals surface area (Å²) in [6.07, 6.45) is 6.27. The molecule has 0 bridgehead atoms. The zero-order valence-electron chi connectivity index (χ0n) is 18.0. The average Bonchev–Trinajstić information content (AvgIpc) is 3.34. The molecule has 0 radical (unpaired) electrons. The van der Waals surface area contributed by atoms with Gasteiger partial charge in [-0.3, -0.25) is 14.6 Å². The summed E-state index contributed by atoms with van der Waals surface area (Å²) in [5, 5.41) is 14.1. The lowest BCUT2D eigenvalue weighted by Crippen LogP contribution is -2.19. The number of Topliss-reactive ketones (excluding diaryl/α,β-unsaturated/α-hetero) is 1. The molecule has 1 aromatic carbocycles. The van der Waals surface area contributed by atoms with Gasteiger partial charge in [0.15, 0.2) is 5.78 Å². The maximum absolute atomic E-state index is 12.8. The summed E-state index contributed by atoms with van der Waals surface area (Å²) in [5.41, 5.74) is 3.21. The Morgan fingerprint density at radius 3 is 2.70 bits per heavy atom. The van der Waals surface area contributed by atoms with Crippen molar-refractivity contribution in [2.24, 2.45) is 0 Å². The first-order chi connectivity index (χ1) is 16.0. The van der Waals surface area contributed by atoms with E-state index in [4.69, 9.17) is 5.41 Å². The SMILES string of the molecule is CNCc1ccc(C(=N)CC(=O)c2cncc(-c3ccc(=O)n(Cc4nccs4)c3)n2)cc1. The molecule has 166 valence electrons. The predicted molar refractivity (Wildman–Crippen MR) is 128 cm³/mol. The summed E-state index contributed by atoms with van der Waals surface area (Å²) in [6.45, 7) is 1.10. The molecule has 0 saturated heterocycles. The van der Waals surface area contributed by atoms with Crippen molar-refractivity contribution in [1.29, 1.82) is 5.41 Å². The highest BCUT2D eigenvalue weighted by Crippen LogP contribution is 2.17. The fourth-order valence-electron chi connectivity index (χ4n) is 3.30. The first-order valence-corrected chi connectivity index (χ1v) is 11.2. The van der Waals surface area contributed by atoms with Crippen LogP contribution < -0.4 is 10.9 Å². The van der Waals surface area contributed by atoms with E-state index in [1.54, 1.807) is 29.2 Å². The van der Waals surface area contributed by atoms with Gasteiger partial charge in [0.05, 0.1) is 31.1 Å². The molecular formula is C24H22N6O2S. The monoisotopic (exact) mass is 458 g/mol. The van der Waals surface area contributed by atoms with Crippen LogP contribution in [0.15, 0.2) is 71.4 Å². The van der Waals surface area contributed by atoms with Gasteiger partial charge in [-0.1, -0.05) is 24.3 Å². The van der Waals surface area contributed by atoms with E-state index in [1.807, 2.05) is 36.7 Å². The molecule has 0 amide bonds. The molecule has 3 aromatic heterocycles. The molecule has 0 spiro atoms. The Morgan fingerprint density at radius 2 is 1.97 bits per heavy atom. The van der Waals surface area contributed by atoms with Crippen LogP contribution in [0.3, 0.4) is 0 Å². The number of hydrogen-bond acceptors (Lipinski definition) is 8. The Bertz CT molecular complexity index is 1330. The molecule has 8 nitrogen and oxygen atoms in total. The predicted octanol–water partition coefficient (Wildman–Crippen LogP) is 3.17. The minimum Gasteiger partial charge on any atom is -0.316 e. The Kier molecular flexibility index (Phi) is 6.92. The van der Waals surface area contributed by atoms with Gasteiger partial charge < -0.3 is 15.3 Å². The fraction of sp³-hybridized carbons (Fsp3) is 0.167. The molecule has 0 saturated carbocycles. The quantitative estimate of drug-likeness (QED) is 0.294. The van der Waals surface area contributed by atoms with E-state index < -0.39 is 0 Å². The number of hydrogen-bond donors (Lipinski definition) is 2. The highest BCUT2D eigenvalue weighted by Gasteiger charge is 2.14. The van der Waals surface area contributed by atoms with E-state index in [9.17, 15) is 9.59 Å². The average molecular weight is 459 g/mol. The molecule has 0 unspecified atom stereocenters. The molecule has 0 fully saturated rings. The molecule has 4 rings (SSSR count). The molecule has 9 heteroatoms. The van der Waals surface area contributed by atoms with Gasteiger partial charge in [-0.05, 0) is 24.2 Å². The van der Waals surface area contributed by atoms with Crippen molar-refractivity contribution >= 4 is 22.8 Å². The van der Waals surface area contributed by atoms with Crippen LogP contribution in [0.5, 0.6) is 0 Å². The lowest BCUT2D eigenvalue weighted by atomic mass is 10.0. The van der Waals surface area contributed by atoms with E-state index in [2.05, 4.69) is 20.3 Å². The van der Waals surface area contributed by atoms with Crippen LogP contribution in [-0.2, 0) is 13.1 Å². The number of carbonyl (C=O) groups is 1. The highest BCUT2D eigenvalue weighted by atomic mass is 32.1. The Morgan fingerprint density at radius 1 is 1.15 bits per heavy atom. The van der Waals surface area contributed by atoms with Gasteiger partial charge in [-0.2, -0.15) is 0 Å². The molecule has 33 heavy (non-hydrogen) atoms. The van der Waals surface area contributed by atoms with Crippen LogP contribution in [0, 0.1) is 5.41 Å². The van der Waals surface area contributed by atoms with Crippen molar-refractivity contribution < 1.29 is 4.79 Å². The number of thiazole rings is 1. The van der Waals surface area contributed by atoms with Gasteiger partial charge in [0, 0.05) is 41.7 Å². The van der Waals surface area contributed by atoms with Crippen molar-refractivity contribution in [3.05, 3.63) is 98.7 Å². The number of nitrogens with zero attached hydrogens (tertiary/aromatic N) is 4. The molecule has 0 aliphatic rings. The molecule has 4 aromatic rings. The van der Waals surface area contributed by atoms with Gasteiger partial charge in [0.1, 0.15) is 10.7 Å². The molecular weight excluding hydrogens is 436 g/mol. The van der Waals surface area contributed by atoms with Crippen molar-refractivity contribution in [3.63, 3.8) is 0 Å². The highest BCUT2D eigenvalue weighted by molar-refractivity contribution is 7.09. The van der Waals surface area contributed by atoms with Crippen LogP contribution in [0.1, 0.15) is 33.0 Å². The summed E-state index contributed by atoms with van der Waals surface area (Å²) in [5.74, 6) is -0.287. The number of carbonyl (C=O) groups excluding carboxylic acids is 1. The van der Waals surface area contributed by atoms with Crippen LogP contribution in [0.4, 0.5) is 0 Å². The van der Waals surface area contributed by atoms with Gasteiger partial charge in [-0.25, -0.2) is 9.97 Å². The maximum Gasteiger partial charge on any atom is 0.250 e. The summed E-state index contributed by atoms with van der Waals surface area (Å²) in [6, 6.07) is 10.7. The number of benzene rings is 1.